The van der Waals surface area contributed by atoms with E-state index in [-0.39, 0.29) is 12.6 Å². The summed E-state index contributed by atoms with van der Waals surface area (Å²) in [6.07, 6.45) is 5.69. The summed E-state index contributed by atoms with van der Waals surface area (Å²) in [5, 5.41) is 0. The Balaban J connectivity index is 1.69. The van der Waals surface area contributed by atoms with Crippen molar-refractivity contribution in [3.8, 4) is 0 Å². The zero-order chi connectivity index (χ0) is 12.0. The molecule has 5 atom stereocenters. The smallest absolute Gasteiger partial charge is 0.331 e. The second-order valence-corrected chi connectivity index (χ2v) is 6.72. The number of halogens is 1. The maximum atomic E-state index is 11.2. The van der Waals surface area contributed by atoms with Crippen molar-refractivity contribution in [2.75, 3.05) is 18.1 Å². The van der Waals surface area contributed by atoms with Crippen molar-refractivity contribution in [1.29, 1.82) is 0 Å². The predicted octanol–water partition coefficient (Wildman–Crippen LogP) is 2.42. The molecule has 0 N–H and O–H groups in total. The molecule has 4 heteroatoms. The van der Waals surface area contributed by atoms with E-state index < -0.39 is 0 Å². The van der Waals surface area contributed by atoms with Crippen LogP contribution >= 0.6 is 22.6 Å². The molecule has 4 aliphatic rings. The van der Waals surface area contributed by atoms with Crippen molar-refractivity contribution in [3.05, 3.63) is 0 Å². The lowest BCUT2D eigenvalue weighted by molar-refractivity contribution is -0.150. The summed E-state index contributed by atoms with van der Waals surface area (Å²) in [4.78, 5) is 11.2. The van der Waals surface area contributed by atoms with Crippen LogP contribution in [0.3, 0.4) is 0 Å². The lowest BCUT2D eigenvalue weighted by atomic mass is 9.77. The van der Waals surface area contributed by atoms with Crippen LogP contribution < -0.4 is 0 Å². The zero-order valence-electron chi connectivity index (χ0n) is 10.2. The van der Waals surface area contributed by atoms with Gasteiger partial charge in [-0.2, -0.15) is 0 Å². The Kier molecular flexibility index (Phi) is 3.14. The molecule has 0 heterocycles. The zero-order valence-corrected chi connectivity index (χ0v) is 12.3. The molecule has 0 saturated heterocycles. The van der Waals surface area contributed by atoms with Gasteiger partial charge in [-0.3, -0.25) is 0 Å². The van der Waals surface area contributed by atoms with E-state index in [1.165, 1.54) is 37.2 Å². The fourth-order valence-corrected chi connectivity index (χ4v) is 5.80. The van der Waals surface area contributed by atoms with Crippen LogP contribution in [0.25, 0.3) is 0 Å². The van der Waals surface area contributed by atoms with Gasteiger partial charge in [-0.1, -0.05) is 22.6 Å². The molecule has 4 rings (SSSR count). The van der Waals surface area contributed by atoms with E-state index >= 15 is 0 Å². The molecule has 0 aromatic heterocycles. The van der Waals surface area contributed by atoms with Crippen LogP contribution in [0.2, 0.25) is 0 Å². The van der Waals surface area contributed by atoms with E-state index in [2.05, 4.69) is 27.3 Å². The number of methoxy groups -OCH3 is 1. The standard InChI is InChI=1S/C13H19IO3/c1-16-11(15)6-17-12-9-2-8-3-10(12)13(4-8,5-9)7-14/h8-10,12H,2-7H2,1H3. The Bertz CT molecular complexity index is 333. The number of hydrogen-bond donors (Lipinski definition) is 0. The summed E-state index contributed by atoms with van der Waals surface area (Å²) in [5.74, 6) is 2.09. The van der Waals surface area contributed by atoms with Gasteiger partial charge >= 0.3 is 5.97 Å². The molecule has 4 aliphatic carbocycles. The maximum absolute atomic E-state index is 11.2. The first-order valence-electron chi connectivity index (χ1n) is 6.43. The highest BCUT2D eigenvalue weighted by Gasteiger charge is 2.62. The molecular formula is C13H19IO3. The molecule has 17 heavy (non-hydrogen) atoms. The van der Waals surface area contributed by atoms with E-state index in [1.54, 1.807) is 0 Å². The average molecular weight is 350 g/mol. The minimum absolute atomic E-state index is 0.135. The van der Waals surface area contributed by atoms with Crippen molar-refractivity contribution < 1.29 is 14.3 Å². The van der Waals surface area contributed by atoms with E-state index in [4.69, 9.17) is 4.74 Å². The highest BCUT2D eigenvalue weighted by atomic mass is 127. The average Bonchev–Trinajstić information content (AvgIpc) is 2.72. The molecule has 96 valence electrons. The number of carbonyl (C=O) groups excluding carboxylic acids is 1. The molecule has 4 fully saturated rings. The second-order valence-electron chi connectivity index (χ2n) is 5.96. The first kappa shape index (κ1) is 12.2. The van der Waals surface area contributed by atoms with Crippen molar-refractivity contribution >= 4 is 28.6 Å². The monoisotopic (exact) mass is 350 g/mol. The summed E-state index contributed by atoms with van der Waals surface area (Å²) < 4.78 is 11.8. The first-order chi connectivity index (χ1) is 8.18. The number of carbonyl (C=O) groups is 1. The SMILES string of the molecule is COC(=O)COC1C2CC3CC1C(CI)(C3)C2. The van der Waals surface area contributed by atoms with Crippen LogP contribution in [-0.4, -0.2) is 30.2 Å². The van der Waals surface area contributed by atoms with Crippen LogP contribution in [-0.2, 0) is 14.3 Å². The minimum Gasteiger partial charge on any atom is -0.467 e. The molecule has 0 spiro atoms. The number of ether oxygens (including phenoxy) is 2. The van der Waals surface area contributed by atoms with Gasteiger partial charge < -0.3 is 9.47 Å². The number of alkyl halides is 1. The third-order valence-corrected chi connectivity index (χ3v) is 6.64. The van der Waals surface area contributed by atoms with E-state index in [1.807, 2.05) is 0 Å². The normalized spacial score (nSPS) is 46.5. The van der Waals surface area contributed by atoms with Gasteiger partial charge in [0.2, 0.25) is 0 Å². The number of rotatable bonds is 4. The summed E-state index contributed by atoms with van der Waals surface area (Å²) in [6, 6.07) is 0. The van der Waals surface area contributed by atoms with Gasteiger partial charge in [-0.05, 0) is 48.9 Å². The van der Waals surface area contributed by atoms with Gasteiger partial charge in [0.05, 0.1) is 13.2 Å². The lowest BCUT2D eigenvalue weighted by Crippen LogP contribution is -2.33. The molecular weight excluding hydrogens is 331 g/mol. The summed E-state index contributed by atoms with van der Waals surface area (Å²) in [5.41, 5.74) is 0.537. The van der Waals surface area contributed by atoms with Gasteiger partial charge in [-0.25, -0.2) is 4.79 Å². The van der Waals surface area contributed by atoms with Crippen molar-refractivity contribution in [1.82, 2.24) is 0 Å². The van der Waals surface area contributed by atoms with Crippen LogP contribution in [0, 0.1) is 23.2 Å². The topological polar surface area (TPSA) is 35.5 Å². The van der Waals surface area contributed by atoms with Gasteiger partial charge in [0, 0.05) is 4.43 Å². The predicted molar refractivity (Wildman–Crippen MR) is 72.0 cm³/mol. The summed E-state index contributed by atoms with van der Waals surface area (Å²) in [7, 11) is 1.42. The molecule has 0 aromatic rings. The fraction of sp³-hybridized carbons (Fsp3) is 0.923. The number of esters is 1. The third-order valence-electron chi connectivity index (χ3n) is 5.12. The number of hydrogen-bond acceptors (Lipinski definition) is 3. The second kappa shape index (κ2) is 4.37. The van der Waals surface area contributed by atoms with Crippen molar-refractivity contribution in [3.63, 3.8) is 0 Å². The Labute approximate surface area is 116 Å². The Hall–Kier alpha value is 0.160. The molecule has 0 aromatic carbocycles. The van der Waals surface area contributed by atoms with Crippen molar-refractivity contribution in [2.24, 2.45) is 23.2 Å². The quantitative estimate of drug-likeness (QED) is 0.444. The lowest BCUT2D eigenvalue weighted by Gasteiger charge is -2.31. The van der Waals surface area contributed by atoms with Crippen LogP contribution in [0.15, 0.2) is 0 Å². The molecule has 4 bridgehead atoms. The van der Waals surface area contributed by atoms with Gasteiger partial charge in [0.15, 0.2) is 0 Å². The highest BCUT2D eigenvalue weighted by Crippen LogP contribution is 2.66. The van der Waals surface area contributed by atoms with Gasteiger partial charge in [0.1, 0.15) is 6.61 Å². The minimum atomic E-state index is -0.245. The first-order valence-corrected chi connectivity index (χ1v) is 7.95. The van der Waals surface area contributed by atoms with Gasteiger partial charge in [-0.15, -0.1) is 0 Å². The largest absolute Gasteiger partial charge is 0.467 e. The van der Waals surface area contributed by atoms with E-state index in [9.17, 15) is 4.79 Å². The molecule has 0 aliphatic heterocycles. The summed E-state index contributed by atoms with van der Waals surface area (Å²) in [6.45, 7) is 0.135. The van der Waals surface area contributed by atoms with Gasteiger partial charge in [0.25, 0.3) is 0 Å². The highest BCUT2D eigenvalue weighted by molar-refractivity contribution is 14.1. The fourth-order valence-electron chi connectivity index (χ4n) is 4.61. The molecule has 3 nitrogen and oxygen atoms in total. The molecule has 5 unspecified atom stereocenters. The summed E-state index contributed by atoms with van der Waals surface area (Å²) >= 11 is 2.54. The van der Waals surface area contributed by atoms with Crippen LogP contribution in [0.1, 0.15) is 25.7 Å². The maximum Gasteiger partial charge on any atom is 0.331 e. The molecule has 0 amide bonds. The van der Waals surface area contributed by atoms with Crippen LogP contribution in [0.5, 0.6) is 0 Å². The Morgan fingerprint density at radius 1 is 1.41 bits per heavy atom. The van der Waals surface area contributed by atoms with Crippen molar-refractivity contribution in [2.45, 2.75) is 31.8 Å². The molecule has 0 radical (unpaired) electrons. The third kappa shape index (κ3) is 1.82. The van der Waals surface area contributed by atoms with E-state index in [0.717, 1.165) is 5.92 Å². The van der Waals surface area contributed by atoms with Crippen LogP contribution in [0.4, 0.5) is 0 Å². The Morgan fingerprint density at radius 3 is 2.94 bits per heavy atom. The Morgan fingerprint density at radius 2 is 2.24 bits per heavy atom. The van der Waals surface area contributed by atoms with E-state index in [0.29, 0.717) is 23.4 Å². The molecule has 4 saturated carbocycles.